The Morgan fingerprint density at radius 1 is 1.56 bits per heavy atom. The van der Waals surface area contributed by atoms with E-state index in [0.29, 0.717) is 17.5 Å². The van der Waals surface area contributed by atoms with Crippen LogP contribution in [0.2, 0.25) is 0 Å². The first kappa shape index (κ1) is 12.4. The van der Waals surface area contributed by atoms with Gasteiger partial charge in [-0.2, -0.15) is 0 Å². The number of nitrogens with one attached hydrogen (secondary N) is 1. The van der Waals surface area contributed by atoms with Crippen LogP contribution in [-0.4, -0.2) is 29.5 Å². The number of ether oxygens (including phenoxy) is 1. The summed E-state index contributed by atoms with van der Waals surface area (Å²) in [7, 11) is 0. The Morgan fingerprint density at radius 2 is 2.33 bits per heavy atom. The predicted molar refractivity (Wildman–Crippen MR) is 67.1 cm³/mol. The van der Waals surface area contributed by atoms with E-state index in [1.807, 2.05) is 6.07 Å². The highest BCUT2D eigenvalue weighted by Crippen LogP contribution is 2.18. The Labute approximate surface area is 105 Å². The number of rotatable bonds is 5. The molecule has 2 N–H and O–H groups in total. The van der Waals surface area contributed by atoms with Gasteiger partial charge < -0.3 is 15.3 Å². The maximum absolute atomic E-state index is 11.4. The smallest absolute Gasteiger partial charge is 0.258 e. The van der Waals surface area contributed by atoms with Crippen molar-refractivity contribution in [2.45, 2.75) is 25.8 Å². The lowest BCUT2D eigenvalue weighted by Crippen LogP contribution is -2.30. The molecule has 18 heavy (non-hydrogen) atoms. The quantitative estimate of drug-likeness (QED) is 0.471. The molecule has 2 rings (SSSR count). The van der Waals surface area contributed by atoms with Crippen molar-refractivity contribution < 1.29 is 14.7 Å². The minimum atomic E-state index is -0.101. The van der Waals surface area contributed by atoms with Gasteiger partial charge in [-0.1, -0.05) is 17.3 Å². The van der Waals surface area contributed by atoms with Gasteiger partial charge in [0.15, 0.2) is 6.61 Å². The number of nitrogens with zero attached hydrogens (tertiary/aromatic N) is 1. The topological polar surface area (TPSA) is 70.9 Å². The molecule has 1 fully saturated rings. The van der Waals surface area contributed by atoms with E-state index < -0.39 is 0 Å². The van der Waals surface area contributed by atoms with E-state index in [1.165, 1.54) is 0 Å². The Hall–Kier alpha value is -2.04. The van der Waals surface area contributed by atoms with Gasteiger partial charge in [-0.05, 0) is 31.9 Å². The van der Waals surface area contributed by atoms with Gasteiger partial charge in [0.25, 0.3) is 5.91 Å². The zero-order valence-electron chi connectivity index (χ0n) is 10.2. The van der Waals surface area contributed by atoms with Crippen molar-refractivity contribution in [2.24, 2.45) is 5.16 Å². The van der Waals surface area contributed by atoms with E-state index in [0.717, 1.165) is 18.4 Å². The summed E-state index contributed by atoms with van der Waals surface area (Å²) in [6.45, 7) is 1.70. The zero-order chi connectivity index (χ0) is 13.0. The average Bonchev–Trinajstić information content (AvgIpc) is 3.19. The van der Waals surface area contributed by atoms with Crippen LogP contribution in [0.5, 0.6) is 5.75 Å². The standard InChI is InChI=1S/C13H16N2O3/c1-9(15-17)10-3-2-4-12(7-10)18-8-13(16)14-11-5-6-11/h2-4,7,11,17H,5-6,8H2,1H3,(H,14,16)/b15-9+. The van der Waals surface area contributed by atoms with Crippen LogP contribution in [0.4, 0.5) is 0 Å². The van der Waals surface area contributed by atoms with Crippen molar-refractivity contribution in [3.8, 4) is 5.75 Å². The third kappa shape index (κ3) is 3.48. The van der Waals surface area contributed by atoms with Crippen molar-refractivity contribution in [2.75, 3.05) is 6.61 Å². The summed E-state index contributed by atoms with van der Waals surface area (Å²) in [6.07, 6.45) is 2.13. The van der Waals surface area contributed by atoms with Crippen molar-refractivity contribution in [3.63, 3.8) is 0 Å². The largest absolute Gasteiger partial charge is 0.484 e. The van der Waals surface area contributed by atoms with Crippen molar-refractivity contribution in [3.05, 3.63) is 29.8 Å². The van der Waals surface area contributed by atoms with Crippen LogP contribution in [0.25, 0.3) is 0 Å². The summed E-state index contributed by atoms with van der Waals surface area (Å²) < 4.78 is 5.38. The first-order valence-electron chi connectivity index (χ1n) is 5.90. The van der Waals surface area contributed by atoms with E-state index in [-0.39, 0.29) is 12.5 Å². The molecule has 5 heteroatoms. The van der Waals surface area contributed by atoms with E-state index in [2.05, 4.69) is 10.5 Å². The lowest BCUT2D eigenvalue weighted by molar-refractivity contribution is -0.123. The number of benzene rings is 1. The molecule has 96 valence electrons. The summed E-state index contributed by atoms with van der Waals surface area (Å²) >= 11 is 0. The number of oxime groups is 1. The molecule has 1 aliphatic carbocycles. The summed E-state index contributed by atoms with van der Waals surface area (Å²) in [5.74, 6) is 0.483. The monoisotopic (exact) mass is 248 g/mol. The lowest BCUT2D eigenvalue weighted by Gasteiger charge is -2.07. The summed E-state index contributed by atoms with van der Waals surface area (Å²) in [5, 5.41) is 14.7. The van der Waals surface area contributed by atoms with E-state index in [9.17, 15) is 4.79 Å². The molecule has 0 radical (unpaired) electrons. The molecule has 0 aliphatic heterocycles. The molecule has 1 saturated carbocycles. The number of carbonyl (C=O) groups is 1. The highest BCUT2D eigenvalue weighted by Gasteiger charge is 2.23. The van der Waals surface area contributed by atoms with Gasteiger partial charge in [-0.25, -0.2) is 0 Å². The second-order valence-electron chi connectivity index (χ2n) is 4.34. The molecule has 1 aromatic rings. The van der Waals surface area contributed by atoms with E-state index in [1.54, 1.807) is 25.1 Å². The van der Waals surface area contributed by atoms with E-state index in [4.69, 9.17) is 9.94 Å². The molecular weight excluding hydrogens is 232 g/mol. The normalized spacial score (nSPS) is 15.3. The molecule has 0 bridgehead atoms. The third-order valence-corrected chi connectivity index (χ3v) is 2.71. The average molecular weight is 248 g/mol. The van der Waals surface area contributed by atoms with Crippen molar-refractivity contribution in [1.29, 1.82) is 0 Å². The minimum Gasteiger partial charge on any atom is -0.484 e. The van der Waals surface area contributed by atoms with Gasteiger partial charge in [-0.15, -0.1) is 0 Å². The van der Waals surface area contributed by atoms with Gasteiger partial charge in [-0.3, -0.25) is 4.79 Å². The Morgan fingerprint density at radius 3 is 3.00 bits per heavy atom. The van der Waals surface area contributed by atoms with Crippen LogP contribution in [0, 0.1) is 0 Å². The number of hydrogen-bond donors (Lipinski definition) is 2. The molecule has 0 saturated heterocycles. The van der Waals surface area contributed by atoms with Crippen LogP contribution in [0.1, 0.15) is 25.3 Å². The van der Waals surface area contributed by atoms with E-state index >= 15 is 0 Å². The fourth-order valence-electron chi connectivity index (χ4n) is 1.51. The van der Waals surface area contributed by atoms with Crippen molar-refractivity contribution >= 4 is 11.6 Å². The minimum absolute atomic E-state index is 0.00920. The molecule has 0 heterocycles. The van der Waals surface area contributed by atoms with Crippen LogP contribution < -0.4 is 10.1 Å². The molecule has 0 atom stereocenters. The second kappa shape index (κ2) is 5.53. The molecule has 1 amide bonds. The fraction of sp³-hybridized carbons (Fsp3) is 0.385. The SMILES string of the molecule is C/C(=N\O)c1cccc(OCC(=O)NC2CC2)c1. The van der Waals surface area contributed by atoms with Gasteiger partial charge >= 0.3 is 0 Å². The maximum Gasteiger partial charge on any atom is 0.258 e. The highest BCUT2D eigenvalue weighted by molar-refractivity contribution is 5.98. The van der Waals surface area contributed by atoms with Crippen molar-refractivity contribution in [1.82, 2.24) is 5.32 Å². The Balaban J connectivity index is 1.90. The van der Waals surface area contributed by atoms with Gasteiger partial charge in [0.1, 0.15) is 5.75 Å². The van der Waals surface area contributed by atoms with Gasteiger partial charge in [0, 0.05) is 11.6 Å². The summed E-state index contributed by atoms with van der Waals surface area (Å²) in [4.78, 5) is 11.4. The third-order valence-electron chi connectivity index (χ3n) is 2.71. The molecule has 5 nitrogen and oxygen atoms in total. The maximum atomic E-state index is 11.4. The molecule has 0 aromatic heterocycles. The van der Waals surface area contributed by atoms with Crippen LogP contribution >= 0.6 is 0 Å². The van der Waals surface area contributed by atoms with Crippen LogP contribution in [0.15, 0.2) is 29.4 Å². The Kier molecular flexibility index (Phi) is 3.82. The first-order chi connectivity index (χ1) is 8.69. The number of carbonyl (C=O) groups excluding carboxylic acids is 1. The molecule has 1 aromatic carbocycles. The fourth-order valence-corrected chi connectivity index (χ4v) is 1.51. The predicted octanol–water partition coefficient (Wildman–Crippen LogP) is 1.54. The lowest BCUT2D eigenvalue weighted by atomic mass is 10.1. The molecule has 0 spiro atoms. The Bertz CT molecular complexity index is 467. The van der Waals surface area contributed by atoms with Crippen LogP contribution in [0.3, 0.4) is 0 Å². The molecule has 1 aliphatic rings. The van der Waals surface area contributed by atoms with Gasteiger partial charge in [0.05, 0.1) is 5.71 Å². The number of amides is 1. The summed E-state index contributed by atoms with van der Waals surface area (Å²) in [5.41, 5.74) is 1.26. The second-order valence-corrected chi connectivity index (χ2v) is 4.34. The zero-order valence-corrected chi connectivity index (χ0v) is 10.2. The molecular formula is C13H16N2O3. The first-order valence-corrected chi connectivity index (χ1v) is 5.90. The highest BCUT2D eigenvalue weighted by atomic mass is 16.5. The van der Waals surface area contributed by atoms with Crippen LogP contribution in [-0.2, 0) is 4.79 Å². The molecule has 0 unspecified atom stereocenters. The number of hydrogen-bond acceptors (Lipinski definition) is 4. The van der Waals surface area contributed by atoms with Gasteiger partial charge in [0.2, 0.25) is 0 Å². The summed E-state index contributed by atoms with van der Waals surface area (Å²) in [6, 6.07) is 7.44.